The lowest BCUT2D eigenvalue weighted by molar-refractivity contribution is 0.112. The molecule has 5 nitrogen and oxygen atoms in total. The number of carbonyl (C=O) groups excluding carboxylic acids is 2. The molecule has 6 heteroatoms. The summed E-state index contributed by atoms with van der Waals surface area (Å²) in [7, 11) is 0. The van der Waals surface area contributed by atoms with Gasteiger partial charge in [-0.1, -0.05) is 41.9 Å². The maximum absolute atomic E-state index is 11.7. The van der Waals surface area contributed by atoms with Gasteiger partial charge in [0.2, 0.25) is 0 Å². The molecule has 1 amide bonds. The van der Waals surface area contributed by atoms with E-state index in [-0.39, 0.29) is 23.0 Å². The lowest BCUT2D eigenvalue weighted by Gasteiger charge is -2.08. The molecule has 2 aromatic rings. The number of nitrogens with one attached hydrogen (secondary N) is 1. The first-order chi connectivity index (χ1) is 9.69. The third kappa shape index (κ3) is 3.80. The fourth-order valence-corrected chi connectivity index (χ4v) is 1.67. The lowest BCUT2D eigenvalue weighted by atomic mass is 10.2. The molecule has 102 valence electrons. The normalized spacial score (nSPS) is 9.85. The van der Waals surface area contributed by atoms with Gasteiger partial charge >= 0.3 is 6.09 Å². The number of aldehydes is 1. The van der Waals surface area contributed by atoms with Crippen LogP contribution in [0.4, 0.5) is 10.5 Å². The lowest BCUT2D eigenvalue weighted by Crippen LogP contribution is -2.15. The molecule has 1 N–H and O–H groups in total. The van der Waals surface area contributed by atoms with Gasteiger partial charge in [-0.3, -0.25) is 10.1 Å². The second-order valence-electron chi connectivity index (χ2n) is 3.90. The average molecular weight is 291 g/mol. The summed E-state index contributed by atoms with van der Waals surface area (Å²) < 4.78 is 5.04. The summed E-state index contributed by atoms with van der Waals surface area (Å²) in [6, 6.07) is 10.6. The van der Waals surface area contributed by atoms with E-state index in [0.717, 1.165) is 5.56 Å². The van der Waals surface area contributed by atoms with Gasteiger partial charge in [0.05, 0.1) is 11.3 Å². The quantitative estimate of drug-likeness (QED) is 0.693. The van der Waals surface area contributed by atoms with Crippen LogP contribution in [0.5, 0.6) is 0 Å². The molecule has 0 aliphatic rings. The predicted molar refractivity (Wildman–Crippen MR) is 74.9 cm³/mol. The van der Waals surface area contributed by atoms with Crippen LogP contribution in [0.1, 0.15) is 15.9 Å². The second kappa shape index (κ2) is 6.68. The van der Waals surface area contributed by atoms with Crippen molar-refractivity contribution in [1.82, 2.24) is 4.98 Å². The number of hydrogen-bond acceptors (Lipinski definition) is 4. The van der Waals surface area contributed by atoms with Crippen LogP contribution in [-0.4, -0.2) is 17.4 Å². The number of anilines is 1. The SMILES string of the molecule is O=Cc1cnc(Cl)cc1NC(=O)OCc1ccccc1. The maximum Gasteiger partial charge on any atom is 0.411 e. The minimum absolute atomic E-state index is 0.141. The standard InChI is InChI=1S/C14H11ClN2O3/c15-13-6-12(11(8-18)7-16-13)17-14(19)20-9-10-4-2-1-3-5-10/h1-8H,9H2,(H,16,17,19). The van der Waals surface area contributed by atoms with E-state index in [9.17, 15) is 9.59 Å². The number of halogens is 1. The van der Waals surface area contributed by atoms with Crippen molar-refractivity contribution in [3.63, 3.8) is 0 Å². The third-order valence-electron chi connectivity index (χ3n) is 2.48. The van der Waals surface area contributed by atoms with E-state index in [2.05, 4.69) is 10.3 Å². The third-order valence-corrected chi connectivity index (χ3v) is 2.68. The Bertz CT molecular complexity index is 617. The van der Waals surface area contributed by atoms with Crippen molar-refractivity contribution < 1.29 is 14.3 Å². The van der Waals surface area contributed by atoms with Crippen LogP contribution in [0.15, 0.2) is 42.6 Å². The number of pyridine rings is 1. The number of ether oxygens (including phenoxy) is 1. The van der Waals surface area contributed by atoms with Gasteiger partial charge in [0.15, 0.2) is 6.29 Å². The first-order valence-electron chi connectivity index (χ1n) is 5.77. The molecular formula is C14H11ClN2O3. The molecule has 0 radical (unpaired) electrons. The Morgan fingerprint density at radius 2 is 2.10 bits per heavy atom. The molecule has 0 fully saturated rings. The zero-order valence-electron chi connectivity index (χ0n) is 10.4. The van der Waals surface area contributed by atoms with Crippen LogP contribution >= 0.6 is 11.6 Å². The molecule has 1 aromatic carbocycles. The Balaban J connectivity index is 1.98. The van der Waals surface area contributed by atoms with E-state index in [4.69, 9.17) is 16.3 Å². The Morgan fingerprint density at radius 3 is 2.80 bits per heavy atom. The highest BCUT2D eigenvalue weighted by atomic mass is 35.5. The van der Waals surface area contributed by atoms with Crippen molar-refractivity contribution in [2.75, 3.05) is 5.32 Å². The number of benzene rings is 1. The fraction of sp³-hybridized carbons (Fsp3) is 0.0714. The molecule has 1 heterocycles. The van der Waals surface area contributed by atoms with E-state index in [1.165, 1.54) is 12.3 Å². The largest absolute Gasteiger partial charge is 0.444 e. The zero-order valence-corrected chi connectivity index (χ0v) is 11.1. The highest BCUT2D eigenvalue weighted by Crippen LogP contribution is 2.17. The number of amides is 1. The van der Waals surface area contributed by atoms with Gasteiger partial charge in [0.1, 0.15) is 11.8 Å². The Hall–Kier alpha value is -2.40. The van der Waals surface area contributed by atoms with Gasteiger partial charge < -0.3 is 4.74 Å². The van der Waals surface area contributed by atoms with Gasteiger partial charge in [-0.05, 0) is 11.6 Å². The van der Waals surface area contributed by atoms with Crippen LogP contribution in [-0.2, 0) is 11.3 Å². The van der Waals surface area contributed by atoms with Crippen molar-refractivity contribution >= 4 is 29.7 Å². The summed E-state index contributed by atoms with van der Waals surface area (Å²) in [4.78, 5) is 26.2. The van der Waals surface area contributed by atoms with Gasteiger partial charge in [0.25, 0.3) is 0 Å². The van der Waals surface area contributed by atoms with E-state index < -0.39 is 6.09 Å². The molecule has 2 rings (SSSR count). The van der Waals surface area contributed by atoms with Gasteiger partial charge in [-0.25, -0.2) is 9.78 Å². The first kappa shape index (κ1) is 14.0. The maximum atomic E-state index is 11.7. The van der Waals surface area contributed by atoms with E-state index in [0.29, 0.717) is 6.29 Å². The number of rotatable bonds is 4. The highest BCUT2D eigenvalue weighted by Gasteiger charge is 2.09. The smallest absolute Gasteiger partial charge is 0.411 e. The topological polar surface area (TPSA) is 68.3 Å². The van der Waals surface area contributed by atoms with Crippen molar-refractivity contribution in [2.45, 2.75) is 6.61 Å². The van der Waals surface area contributed by atoms with Crippen LogP contribution in [0.25, 0.3) is 0 Å². The second-order valence-corrected chi connectivity index (χ2v) is 4.29. The molecule has 1 aromatic heterocycles. The predicted octanol–water partition coefficient (Wildman–Crippen LogP) is 3.30. The Labute approximate surface area is 120 Å². The molecule has 0 unspecified atom stereocenters. The summed E-state index contributed by atoms with van der Waals surface area (Å²) in [5.74, 6) is 0. The van der Waals surface area contributed by atoms with Crippen LogP contribution < -0.4 is 5.32 Å². The summed E-state index contributed by atoms with van der Waals surface area (Å²) in [6.45, 7) is 0.141. The molecule has 0 aliphatic heterocycles. The van der Waals surface area contributed by atoms with Gasteiger partial charge in [-0.2, -0.15) is 0 Å². The van der Waals surface area contributed by atoms with Gasteiger partial charge in [-0.15, -0.1) is 0 Å². The number of nitrogens with zero attached hydrogens (tertiary/aromatic N) is 1. The number of carbonyl (C=O) groups is 2. The average Bonchev–Trinajstić information content (AvgIpc) is 2.46. The monoisotopic (exact) mass is 290 g/mol. The molecule has 0 bridgehead atoms. The fourth-order valence-electron chi connectivity index (χ4n) is 1.51. The Morgan fingerprint density at radius 1 is 1.35 bits per heavy atom. The van der Waals surface area contributed by atoms with Crippen molar-refractivity contribution in [3.05, 3.63) is 58.9 Å². The summed E-state index contributed by atoms with van der Waals surface area (Å²) in [5, 5.41) is 2.63. The first-order valence-corrected chi connectivity index (χ1v) is 6.15. The number of hydrogen-bond donors (Lipinski definition) is 1. The molecule has 0 spiro atoms. The van der Waals surface area contributed by atoms with E-state index in [1.54, 1.807) is 0 Å². The highest BCUT2D eigenvalue weighted by molar-refractivity contribution is 6.29. The summed E-state index contributed by atoms with van der Waals surface area (Å²) >= 11 is 5.71. The van der Waals surface area contributed by atoms with Crippen LogP contribution in [0.3, 0.4) is 0 Å². The van der Waals surface area contributed by atoms with Crippen molar-refractivity contribution in [2.24, 2.45) is 0 Å². The minimum atomic E-state index is -0.667. The van der Waals surface area contributed by atoms with E-state index >= 15 is 0 Å². The van der Waals surface area contributed by atoms with Gasteiger partial charge in [0, 0.05) is 6.20 Å². The van der Waals surface area contributed by atoms with Crippen molar-refractivity contribution in [3.8, 4) is 0 Å². The summed E-state index contributed by atoms with van der Waals surface area (Å²) in [5.41, 5.74) is 1.36. The zero-order chi connectivity index (χ0) is 14.4. The summed E-state index contributed by atoms with van der Waals surface area (Å²) in [6.07, 6.45) is 1.19. The molecule has 0 saturated heterocycles. The molecule has 0 saturated carbocycles. The molecule has 20 heavy (non-hydrogen) atoms. The Kier molecular flexibility index (Phi) is 4.68. The molecule has 0 aliphatic carbocycles. The van der Waals surface area contributed by atoms with Crippen LogP contribution in [0.2, 0.25) is 5.15 Å². The van der Waals surface area contributed by atoms with Crippen molar-refractivity contribution in [1.29, 1.82) is 0 Å². The van der Waals surface area contributed by atoms with Crippen LogP contribution in [0, 0.1) is 0 Å². The minimum Gasteiger partial charge on any atom is -0.444 e. The number of aromatic nitrogens is 1. The molecular weight excluding hydrogens is 280 g/mol. The molecule has 0 atom stereocenters. The van der Waals surface area contributed by atoms with E-state index in [1.807, 2.05) is 30.3 Å².